The predicted octanol–water partition coefficient (Wildman–Crippen LogP) is 3.58. The Balaban J connectivity index is 1.37. The number of carbonyl (C=O) groups is 1. The number of hydrogen-bond donors (Lipinski definition) is 1. The van der Waals surface area contributed by atoms with Gasteiger partial charge in [0.2, 0.25) is 11.8 Å². The molecule has 0 atom stereocenters. The molecule has 2 aromatic heterocycles. The van der Waals surface area contributed by atoms with Gasteiger partial charge in [0, 0.05) is 30.1 Å². The predicted molar refractivity (Wildman–Crippen MR) is 96.3 cm³/mol. The van der Waals surface area contributed by atoms with E-state index in [1.165, 1.54) is 0 Å². The van der Waals surface area contributed by atoms with Crippen molar-refractivity contribution in [3.8, 4) is 17.4 Å². The van der Waals surface area contributed by atoms with Crippen LogP contribution in [0.4, 0.5) is 5.69 Å². The molecule has 1 amide bonds. The van der Waals surface area contributed by atoms with Crippen LogP contribution < -0.4 is 10.1 Å². The lowest BCUT2D eigenvalue weighted by molar-refractivity contribution is -0.119. The van der Waals surface area contributed by atoms with Crippen molar-refractivity contribution in [3.05, 3.63) is 54.9 Å². The summed E-state index contributed by atoms with van der Waals surface area (Å²) >= 11 is 0. The summed E-state index contributed by atoms with van der Waals surface area (Å²) in [4.78, 5) is 12.2. The van der Waals surface area contributed by atoms with E-state index in [0.29, 0.717) is 17.4 Å². The van der Waals surface area contributed by atoms with Crippen LogP contribution >= 0.6 is 0 Å². The lowest BCUT2D eigenvalue weighted by atomic mass is 10.1. The van der Waals surface area contributed by atoms with Gasteiger partial charge in [-0.25, -0.2) is 4.68 Å². The second-order valence-corrected chi connectivity index (χ2v) is 6.28. The molecule has 26 heavy (non-hydrogen) atoms. The molecule has 7 heteroatoms. The fourth-order valence-corrected chi connectivity index (χ4v) is 3.05. The average Bonchev–Trinajstić information content (AvgIpc) is 3.38. The number of nitrogens with zero attached hydrogens (tertiary/aromatic N) is 4. The molecular weight excluding hydrogens is 330 g/mol. The zero-order chi connectivity index (χ0) is 17.8. The molecule has 0 spiro atoms. The van der Waals surface area contributed by atoms with Crippen molar-refractivity contribution >= 4 is 11.6 Å². The number of rotatable bonds is 5. The minimum Gasteiger partial charge on any atom is -0.438 e. The number of nitrogens with one attached hydrogen (secondary N) is 1. The van der Waals surface area contributed by atoms with Crippen LogP contribution in [0, 0.1) is 5.92 Å². The molecule has 0 radical (unpaired) electrons. The lowest BCUT2D eigenvalue weighted by Crippen LogP contribution is -2.20. The van der Waals surface area contributed by atoms with Gasteiger partial charge >= 0.3 is 0 Å². The van der Waals surface area contributed by atoms with Crippen LogP contribution in [-0.2, 0) is 4.79 Å². The van der Waals surface area contributed by atoms with Crippen molar-refractivity contribution < 1.29 is 9.53 Å². The highest BCUT2D eigenvalue weighted by molar-refractivity contribution is 5.92. The van der Waals surface area contributed by atoms with Gasteiger partial charge in [-0.3, -0.25) is 4.79 Å². The van der Waals surface area contributed by atoms with Gasteiger partial charge in [-0.2, -0.15) is 5.10 Å². The van der Waals surface area contributed by atoms with Crippen LogP contribution in [0.1, 0.15) is 25.7 Å². The number of amides is 1. The van der Waals surface area contributed by atoms with Crippen LogP contribution in [-0.4, -0.2) is 25.9 Å². The Morgan fingerprint density at radius 3 is 2.54 bits per heavy atom. The van der Waals surface area contributed by atoms with Gasteiger partial charge in [0.25, 0.3) is 0 Å². The Hall–Kier alpha value is -3.22. The molecule has 132 valence electrons. The molecule has 1 fully saturated rings. The van der Waals surface area contributed by atoms with Crippen LogP contribution in [0.3, 0.4) is 0 Å². The normalized spacial score (nSPS) is 14.3. The summed E-state index contributed by atoms with van der Waals surface area (Å²) in [5.41, 5.74) is 0.773. The molecule has 0 bridgehead atoms. The highest BCUT2D eigenvalue weighted by Gasteiger charge is 2.22. The van der Waals surface area contributed by atoms with E-state index in [1.807, 2.05) is 18.2 Å². The van der Waals surface area contributed by atoms with Gasteiger partial charge in [0.15, 0.2) is 5.82 Å². The summed E-state index contributed by atoms with van der Waals surface area (Å²) in [6, 6.07) is 12.6. The van der Waals surface area contributed by atoms with Crippen LogP contribution in [0.25, 0.3) is 5.82 Å². The third-order valence-electron chi connectivity index (χ3n) is 4.44. The van der Waals surface area contributed by atoms with Crippen LogP contribution in [0.5, 0.6) is 11.6 Å². The smallest absolute Gasteiger partial charge is 0.238 e. The number of aromatic nitrogens is 4. The second kappa shape index (κ2) is 7.35. The zero-order valence-electron chi connectivity index (χ0n) is 14.2. The molecule has 1 saturated carbocycles. The highest BCUT2D eigenvalue weighted by Crippen LogP contribution is 2.27. The number of ether oxygens (including phenoxy) is 1. The molecule has 1 aliphatic carbocycles. The summed E-state index contributed by atoms with van der Waals surface area (Å²) in [5, 5.41) is 15.2. The van der Waals surface area contributed by atoms with E-state index in [1.54, 1.807) is 41.3 Å². The average molecular weight is 349 g/mol. The molecule has 1 aromatic carbocycles. The van der Waals surface area contributed by atoms with Gasteiger partial charge in [0.05, 0.1) is 0 Å². The van der Waals surface area contributed by atoms with Crippen molar-refractivity contribution in [1.82, 2.24) is 20.0 Å². The quantitative estimate of drug-likeness (QED) is 0.761. The lowest BCUT2D eigenvalue weighted by Gasteiger charge is -2.11. The Morgan fingerprint density at radius 2 is 1.88 bits per heavy atom. The molecular formula is C19H19N5O2. The minimum absolute atomic E-state index is 0.108. The van der Waals surface area contributed by atoms with Crippen molar-refractivity contribution in [2.45, 2.75) is 25.7 Å². The Morgan fingerprint density at radius 1 is 1.08 bits per heavy atom. The maximum absolute atomic E-state index is 12.2. The van der Waals surface area contributed by atoms with E-state index < -0.39 is 0 Å². The summed E-state index contributed by atoms with van der Waals surface area (Å²) in [5.74, 6) is 1.90. The first-order valence-electron chi connectivity index (χ1n) is 8.70. The molecule has 1 N–H and O–H groups in total. The standard InChI is InChI=1S/C19H19N5O2/c25-19(14-4-1-2-5-14)21-15-6-8-16(9-7-15)26-18-11-10-17(22-23-18)24-13-3-12-20-24/h3,6-14H,1-2,4-5H2,(H,21,25). The summed E-state index contributed by atoms with van der Waals surface area (Å²) in [6.45, 7) is 0. The largest absolute Gasteiger partial charge is 0.438 e. The maximum atomic E-state index is 12.2. The van der Waals surface area contributed by atoms with Gasteiger partial charge < -0.3 is 10.1 Å². The Labute approximate surface area is 151 Å². The molecule has 4 rings (SSSR count). The third-order valence-corrected chi connectivity index (χ3v) is 4.44. The topological polar surface area (TPSA) is 81.9 Å². The van der Waals surface area contributed by atoms with Crippen molar-refractivity contribution in [1.29, 1.82) is 0 Å². The minimum atomic E-state index is 0.108. The monoisotopic (exact) mass is 349 g/mol. The van der Waals surface area contributed by atoms with E-state index in [2.05, 4.69) is 20.6 Å². The first-order chi connectivity index (χ1) is 12.8. The van der Waals surface area contributed by atoms with E-state index >= 15 is 0 Å². The van der Waals surface area contributed by atoms with E-state index in [4.69, 9.17) is 4.74 Å². The summed E-state index contributed by atoms with van der Waals surface area (Å²) < 4.78 is 7.32. The second-order valence-electron chi connectivity index (χ2n) is 6.28. The van der Waals surface area contributed by atoms with Crippen LogP contribution in [0.2, 0.25) is 0 Å². The fraction of sp³-hybridized carbons (Fsp3) is 0.263. The zero-order valence-corrected chi connectivity index (χ0v) is 14.2. The Kier molecular flexibility index (Phi) is 4.59. The van der Waals surface area contributed by atoms with Gasteiger partial charge in [-0.15, -0.1) is 10.2 Å². The first kappa shape index (κ1) is 16.3. The molecule has 0 aliphatic heterocycles. The SMILES string of the molecule is O=C(Nc1ccc(Oc2ccc(-n3cccn3)nn2)cc1)C1CCCC1. The summed E-state index contributed by atoms with van der Waals surface area (Å²) in [7, 11) is 0. The molecule has 0 unspecified atom stereocenters. The van der Waals surface area contributed by atoms with Gasteiger partial charge in [-0.05, 0) is 49.2 Å². The van der Waals surface area contributed by atoms with E-state index in [-0.39, 0.29) is 11.8 Å². The maximum Gasteiger partial charge on any atom is 0.238 e. The molecule has 2 heterocycles. The van der Waals surface area contributed by atoms with Crippen molar-refractivity contribution in [2.24, 2.45) is 5.92 Å². The molecule has 1 aliphatic rings. The van der Waals surface area contributed by atoms with Gasteiger partial charge in [0.1, 0.15) is 5.75 Å². The number of benzene rings is 1. The highest BCUT2D eigenvalue weighted by atomic mass is 16.5. The third kappa shape index (κ3) is 3.72. The van der Waals surface area contributed by atoms with E-state index in [0.717, 1.165) is 31.4 Å². The van der Waals surface area contributed by atoms with Crippen molar-refractivity contribution in [3.63, 3.8) is 0 Å². The van der Waals surface area contributed by atoms with Gasteiger partial charge in [-0.1, -0.05) is 12.8 Å². The van der Waals surface area contributed by atoms with E-state index in [9.17, 15) is 4.79 Å². The molecule has 0 saturated heterocycles. The number of carbonyl (C=O) groups excluding carboxylic acids is 1. The van der Waals surface area contributed by atoms with Crippen LogP contribution in [0.15, 0.2) is 54.9 Å². The molecule has 3 aromatic rings. The summed E-state index contributed by atoms with van der Waals surface area (Å²) in [6.07, 6.45) is 7.74. The number of anilines is 1. The molecule has 7 nitrogen and oxygen atoms in total. The first-order valence-corrected chi connectivity index (χ1v) is 8.70. The number of hydrogen-bond acceptors (Lipinski definition) is 5. The fourth-order valence-electron chi connectivity index (χ4n) is 3.05. The van der Waals surface area contributed by atoms with Crippen molar-refractivity contribution in [2.75, 3.05) is 5.32 Å². The Bertz CT molecular complexity index is 854.